The molecule has 92 valence electrons. The van der Waals surface area contributed by atoms with Crippen molar-refractivity contribution in [3.63, 3.8) is 0 Å². The molecule has 4 nitrogen and oxygen atoms in total. The van der Waals surface area contributed by atoms with Crippen LogP contribution in [0.5, 0.6) is 0 Å². The standard InChI is InChI=1S/C12H23N3O/c1-4-7-15-9-10(2)8-14(3)12(16)11(15)5-6-13/h4,10-11H,1,5-9,13H2,2-3H3. The lowest BCUT2D eigenvalue weighted by atomic mass is 10.1. The summed E-state index contributed by atoms with van der Waals surface area (Å²) in [6.45, 7) is 8.99. The zero-order valence-corrected chi connectivity index (χ0v) is 10.4. The first-order valence-electron chi connectivity index (χ1n) is 5.90. The van der Waals surface area contributed by atoms with Gasteiger partial charge < -0.3 is 10.6 Å². The number of hydrogen-bond acceptors (Lipinski definition) is 3. The van der Waals surface area contributed by atoms with Crippen LogP contribution < -0.4 is 5.73 Å². The zero-order valence-electron chi connectivity index (χ0n) is 10.4. The van der Waals surface area contributed by atoms with E-state index in [9.17, 15) is 4.79 Å². The minimum Gasteiger partial charge on any atom is -0.344 e. The molecule has 0 spiro atoms. The Morgan fingerprint density at radius 2 is 2.25 bits per heavy atom. The van der Waals surface area contributed by atoms with Crippen LogP contribution in [-0.2, 0) is 4.79 Å². The summed E-state index contributed by atoms with van der Waals surface area (Å²) < 4.78 is 0. The van der Waals surface area contributed by atoms with Crippen LogP contribution in [0.2, 0.25) is 0 Å². The lowest BCUT2D eigenvalue weighted by Gasteiger charge is -2.28. The second-order valence-corrected chi connectivity index (χ2v) is 4.66. The number of likely N-dealkylation sites (N-methyl/N-ethyl adjacent to an activating group) is 1. The fourth-order valence-corrected chi connectivity index (χ4v) is 2.38. The Kier molecular flexibility index (Phi) is 4.96. The maximum Gasteiger partial charge on any atom is 0.239 e. The fraction of sp³-hybridized carbons (Fsp3) is 0.750. The summed E-state index contributed by atoms with van der Waals surface area (Å²) in [5.74, 6) is 0.688. The number of amides is 1. The average molecular weight is 225 g/mol. The summed E-state index contributed by atoms with van der Waals surface area (Å²) in [4.78, 5) is 16.2. The van der Waals surface area contributed by atoms with Gasteiger partial charge in [0.05, 0.1) is 6.04 Å². The van der Waals surface area contributed by atoms with Crippen LogP contribution in [0.25, 0.3) is 0 Å². The summed E-state index contributed by atoms with van der Waals surface area (Å²) in [7, 11) is 1.87. The maximum absolute atomic E-state index is 12.2. The molecule has 1 aliphatic rings. The van der Waals surface area contributed by atoms with Crippen molar-refractivity contribution in [2.24, 2.45) is 11.7 Å². The Labute approximate surface area is 98.1 Å². The second-order valence-electron chi connectivity index (χ2n) is 4.66. The van der Waals surface area contributed by atoms with E-state index in [2.05, 4.69) is 18.4 Å². The van der Waals surface area contributed by atoms with Gasteiger partial charge >= 0.3 is 0 Å². The van der Waals surface area contributed by atoms with Gasteiger partial charge in [-0.1, -0.05) is 13.0 Å². The Morgan fingerprint density at radius 3 is 2.81 bits per heavy atom. The van der Waals surface area contributed by atoms with Gasteiger partial charge in [0.15, 0.2) is 0 Å². The average Bonchev–Trinajstić information content (AvgIpc) is 2.32. The number of nitrogens with two attached hydrogens (primary N) is 1. The third kappa shape index (κ3) is 3.06. The van der Waals surface area contributed by atoms with Gasteiger partial charge in [0.2, 0.25) is 5.91 Å². The topological polar surface area (TPSA) is 49.6 Å². The molecule has 1 fully saturated rings. The number of hydrogen-bond donors (Lipinski definition) is 1. The number of carbonyl (C=O) groups is 1. The zero-order chi connectivity index (χ0) is 12.1. The van der Waals surface area contributed by atoms with Gasteiger partial charge in [-0.25, -0.2) is 0 Å². The van der Waals surface area contributed by atoms with Crippen molar-refractivity contribution >= 4 is 5.91 Å². The largest absolute Gasteiger partial charge is 0.344 e. The summed E-state index contributed by atoms with van der Waals surface area (Å²) in [6, 6.07) is -0.0713. The quantitative estimate of drug-likeness (QED) is 0.700. The molecule has 4 heteroatoms. The summed E-state index contributed by atoms with van der Waals surface area (Å²) >= 11 is 0. The van der Waals surface area contributed by atoms with Crippen molar-refractivity contribution < 1.29 is 4.79 Å². The van der Waals surface area contributed by atoms with Crippen LogP contribution >= 0.6 is 0 Å². The van der Waals surface area contributed by atoms with Gasteiger partial charge in [0.25, 0.3) is 0 Å². The highest BCUT2D eigenvalue weighted by molar-refractivity contribution is 5.82. The molecule has 2 N–H and O–H groups in total. The number of carbonyl (C=O) groups excluding carboxylic acids is 1. The molecule has 0 aromatic carbocycles. The molecule has 1 amide bonds. The lowest BCUT2D eigenvalue weighted by Crippen LogP contribution is -2.45. The van der Waals surface area contributed by atoms with Crippen LogP contribution in [0, 0.1) is 5.92 Å². The fourth-order valence-electron chi connectivity index (χ4n) is 2.38. The smallest absolute Gasteiger partial charge is 0.239 e. The molecule has 2 unspecified atom stereocenters. The minimum atomic E-state index is -0.0713. The highest BCUT2D eigenvalue weighted by Crippen LogP contribution is 2.16. The minimum absolute atomic E-state index is 0.0713. The Hall–Kier alpha value is -0.870. The van der Waals surface area contributed by atoms with Gasteiger partial charge in [0.1, 0.15) is 0 Å². The normalized spacial score (nSPS) is 27.9. The van der Waals surface area contributed by atoms with E-state index in [0.717, 1.165) is 26.1 Å². The molecule has 1 rings (SSSR count). The van der Waals surface area contributed by atoms with Crippen LogP contribution in [-0.4, -0.2) is 55.0 Å². The van der Waals surface area contributed by atoms with E-state index in [1.807, 2.05) is 18.0 Å². The van der Waals surface area contributed by atoms with Gasteiger partial charge in [0, 0.05) is 26.7 Å². The van der Waals surface area contributed by atoms with E-state index in [4.69, 9.17) is 5.73 Å². The molecular weight excluding hydrogens is 202 g/mol. The van der Waals surface area contributed by atoms with Gasteiger partial charge in [-0.15, -0.1) is 6.58 Å². The second kappa shape index (κ2) is 6.01. The summed E-state index contributed by atoms with van der Waals surface area (Å²) in [5.41, 5.74) is 5.59. The number of rotatable bonds is 4. The van der Waals surface area contributed by atoms with Gasteiger partial charge in [-0.2, -0.15) is 0 Å². The third-order valence-corrected chi connectivity index (χ3v) is 3.04. The first kappa shape index (κ1) is 13.2. The molecule has 0 radical (unpaired) electrons. The van der Waals surface area contributed by atoms with Crippen LogP contribution in [0.3, 0.4) is 0 Å². The molecule has 1 heterocycles. The first-order valence-corrected chi connectivity index (χ1v) is 5.90. The molecule has 1 aliphatic heterocycles. The van der Waals surface area contributed by atoms with Gasteiger partial charge in [-0.3, -0.25) is 9.69 Å². The Balaban J connectivity index is 2.83. The van der Waals surface area contributed by atoms with Crippen molar-refractivity contribution in [2.75, 3.05) is 33.2 Å². The highest BCUT2D eigenvalue weighted by atomic mass is 16.2. The molecule has 0 aromatic heterocycles. The molecule has 0 bridgehead atoms. The van der Waals surface area contributed by atoms with E-state index < -0.39 is 0 Å². The van der Waals surface area contributed by atoms with Crippen LogP contribution in [0.1, 0.15) is 13.3 Å². The van der Waals surface area contributed by atoms with Crippen molar-refractivity contribution in [2.45, 2.75) is 19.4 Å². The third-order valence-electron chi connectivity index (χ3n) is 3.04. The monoisotopic (exact) mass is 225 g/mol. The highest BCUT2D eigenvalue weighted by Gasteiger charge is 2.31. The van der Waals surface area contributed by atoms with E-state index >= 15 is 0 Å². The Bertz CT molecular complexity index is 255. The molecule has 16 heavy (non-hydrogen) atoms. The Morgan fingerprint density at radius 1 is 1.56 bits per heavy atom. The molecular formula is C12H23N3O. The van der Waals surface area contributed by atoms with E-state index in [0.29, 0.717) is 12.5 Å². The van der Waals surface area contributed by atoms with E-state index in [1.165, 1.54) is 0 Å². The van der Waals surface area contributed by atoms with E-state index in [1.54, 1.807) is 0 Å². The molecule has 1 saturated heterocycles. The van der Waals surface area contributed by atoms with Crippen LogP contribution in [0.4, 0.5) is 0 Å². The summed E-state index contributed by atoms with van der Waals surface area (Å²) in [5, 5.41) is 0. The first-order chi connectivity index (χ1) is 7.60. The molecule has 0 aliphatic carbocycles. The predicted molar refractivity (Wildman–Crippen MR) is 66.0 cm³/mol. The number of nitrogens with zero attached hydrogens (tertiary/aromatic N) is 2. The van der Waals surface area contributed by atoms with Gasteiger partial charge in [-0.05, 0) is 18.9 Å². The predicted octanol–water partition coefficient (Wildman–Crippen LogP) is 0.300. The van der Waals surface area contributed by atoms with Crippen molar-refractivity contribution in [1.29, 1.82) is 0 Å². The lowest BCUT2D eigenvalue weighted by molar-refractivity contribution is -0.134. The van der Waals surface area contributed by atoms with Crippen molar-refractivity contribution in [3.8, 4) is 0 Å². The molecule has 2 atom stereocenters. The molecule has 0 saturated carbocycles. The molecule has 0 aromatic rings. The van der Waals surface area contributed by atoms with Crippen LogP contribution in [0.15, 0.2) is 12.7 Å². The maximum atomic E-state index is 12.2. The van der Waals surface area contributed by atoms with Crippen molar-refractivity contribution in [1.82, 2.24) is 9.80 Å². The van der Waals surface area contributed by atoms with E-state index in [-0.39, 0.29) is 11.9 Å². The SMILES string of the molecule is C=CCN1CC(C)CN(C)C(=O)C1CCN. The van der Waals surface area contributed by atoms with Crippen molar-refractivity contribution in [3.05, 3.63) is 12.7 Å². The summed E-state index contributed by atoms with van der Waals surface area (Å²) in [6.07, 6.45) is 2.58.